The topological polar surface area (TPSA) is 24.3 Å². The van der Waals surface area contributed by atoms with Gasteiger partial charge in [0.1, 0.15) is 0 Å². The summed E-state index contributed by atoms with van der Waals surface area (Å²) < 4.78 is 2.12. The van der Waals surface area contributed by atoms with E-state index in [1.165, 1.54) is 33.4 Å². The van der Waals surface area contributed by atoms with Crippen molar-refractivity contribution in [1.82, 2.24) is 14.7 Å². The Morgan fingerprint density at radius 1 is 0.923 bits per heavy atom. The van der Waals surface area contributed by atoms with Crippen LogP contribution in [0.4, 0.5) is 5.69 Å². The quantitative estimate of drug-likeness (QED) is 0.712. The van der Waals surface area contributed by atoms with Crippen LogP contribution < -0.4 is 4.90 Å². The number of anilines is 1. The highest BCUT2D eigenvalue weighted by atomic mass is 15.3. The van der Waals surface area contributed by atoms with Crippen molar-refractivity contribution < 1.29 is 0 Å². The van der Waals surface area contributed by atoms with Crippen molar-refractivity contribution in [3.63, 3.8) is 0 Å². The summed E-state index contributed by atoms with van der Waals surface area (Å²) in [5, 5.41) is 7.30. The second-order valence-electron chi connectivity index (χ2n) is 7.26. The number of fused-ring (bicyclic) bond motifs is 1. The Hall–Kier alpha value is -2.33. The Morgan fingerprint density at radius 3 is 2.35 bits per heavy atom. The van der Waals surface area contributed by atoms with Crippen LogP contribution >= 0.6 is 0 Å². The van der Waals surface area contributed by atoms with Crippen molar-refractivity contribution in [2.75, 3.05) is 31.1 Å². The van der Waals surface area contributed by atoms with Gasteiger partial charge in [0.2, 0.25) is 0 Å². The molecule has 0 bridgehead atoms. The van der Waals surface area contributed by atoms with Crippen LogP contribution in [0.3, 0.4) is 0 Å². The first-order valence-electron chi connectivity index (χ1n) is 9.64. The summed E-state index contributed by atoms with van der Waals surface area (Å²) >= 11 is 0. The van der Waals surface area contributed by atoms with Crippen molar-refractivity contribution in [2.24, 2.45) is 0 Å². The van der Waals surface area contributed by atoms with Gasteiger partial charge in [-0.3, -0.25) is 9.58 Å². The number of aryl methyl sites for hydroxylation is 2. The molecule has 0 atom stereocenters. The number of hydrogen-bond donors (Lipinski definition) is 0. The molecular weight excluding hydrogens is 320 g/mol. The summed E-state index contributed by atoms with van der Waals surface area (Å²) in [7, 11) is 0. The van der Waals surface area contributed by atoms with Crippen LogP contribution in [0.15, 0.2) is 42.5 Å². The van der Waals surface area contributed by atoms with Crippen molar-refractivity contribution in [3.8, 4) is 0 Å². The monoisotopic (exact) mass is 348 g/mol. The molecule has 4 heteroatoms. The van der Waals surface area contributed by atoms with Gasteiger partial charge in [0.25, 0.3) is 0 Å². The van der Waals surface area contributed by atoms with E-state index < -0.39 is 0 Å². The molecule has 0 unspecified atom stereocenters. The van der Waals surface area contributed by atoms with E-state index in [1.54, 1.807) is 0 Å². The number of benzene rings is 2. The minimum atomic E-state index is 0.947. The van der Waals surface area contributed by atoms with Gasteiger partial charge in [-0.2, -0.15) is 5.10 Å². The maximum atomic E-state index is 4.67. The predicted molar refractivity (Wildman–Crippen MR) is 109 cm³/mol. The molecule has 0 spiro atoms. The Bertz CT molecular complexity index is 904. The SMILES string of the molecule is CCn1nc(C)c(CN2CCN(c3ccc4ccccc4c3)CC2)c1C. The lowest BCUT2D eigenvalue weighted by atomic mass is 10.1. The molecule has 0 amide bonds. The van der Waals surface area contributed by atoms with Gasteiger partial charge in [0, 0.05) is 56.2 Å². The third-order valence-corrected chi connectivity index (χ3v) is 5.68. The summed E-state index contributed by atoms with van der Waals surface area (Å²) in [6.07, 6.45) is 0. The minimum absolute atomic E-state index is 0.947. The van der Waals surface area contributed by atoms with E-state index in [4.69, 9.17) is 0 Å². The van der Waals surface area contributed by atoms with Crippen LogP contribution in [0.1, 0.15) is 23.9 Å². The molecule has 1 aliphatic heterocycles. The van der Waals surface area contributed by atoms with Crippen molar-refractivity contribution >= 4 is 16.5 Å². The van der Waals surface area contributed by atoms with Crippen molar-refractivity contribution in [2.45, 2.75) is 33.9 Å². The number of hydrogen-bond acceptors (Lipinski definition) is 3. The van der Waals surface area contributed by atoms with Crippen LogP contribution in [0.2, 0.25) is 0 Å². The van der Waals surface area contributed by atoms with Crippen molar-refractivity contribution in [1.29, 1.82) is 0 Å². The normalized spacial score (nSPS) is 15.7. The first-order chi connectivity index (χ1) is 12.7. The van der Waals surface area contributed by atoms with E-state index in [0.717, 1.165) is 39.3 Å². The lowest BCUT2D eigenvalue weighted by Crippen LogP contribution is -2.46. The summed E-state index contributed by atoms with van der Waals surface area (Å²) in [4.78, 5) is 5.08. The molecule has 0 saturated carbocycles. The van der Waals surface area contributed by atoms with Crippen LogP contribution in [0.5, 0.6) is 0 Å². The molecule has 4 rings (SSSR count). The predicted octanol–water partition coefficient (Wildman–Crippen LogP) is 4.00. The number of aromatic nitrogens is 2. The van der Waals surface area contributed by atoms with Gasteiger partial charge in [-0.25, -0.2) is 0 Å². The smallest absolute Gasteiger partial charge is 0.0641 e. The van der Waals surface area contributed by atoms with Gasteiger partial charge in [0.15, 0.2) is 0 Å². The highest BCUT2D eigenvalue weighted by Crippen LogP contribution is 2.24. The molecule has 1 saturated heterocycles. The molecular formula is C22H28N4. The molecule has 136 valence electrons. The number of piperazine rings is 1. The van der Waals surface area contributed by atoms with Gasteiger partial charge in [-0.05, 0) is 43.7 Å². The van der Waals surface area contributed by atoms with Gasteiger partial charge in [-0.15, -0.1) is 0 Å². The molecule has 3 aromatic rings. The zero-order chi connectivity index (χ0) is 18.1. The van der Waals surface area contributed by atoms with Gasteiger partial charge in [0.05, 0.1) is 5.69 Å². The summed E-state index contributed by atoms with van der Waals surface area (Å²) in [5.41, 5.74) is 5.25. The zero-order valence-corrected chi connectivity index (χ0v) is 16.1. The van der Waals surface area contributed by atoms with Crippen molar-refractivity contribution in [3.05, 3.63) is 59.4 Å². The average Bonchev–Trinajstić information content (AvgIpc) is 2.96. The third-order valence-electron chi connectivity index (χ3n) is 5.68. The summed E-state index contributed by atoms with van der Waals surface area (Å²) in [6, 6.07) is 15.4. The van der Waals surface area contributed by atoms with E-state index in [-0.39, 0.29) is 0 Å². The highest BCUT2D eigenvalue weighted by molar-refractivity contribution is 5.85. The molecule has 0 aliphatic carbocycles. The van der Waals surface area contributed by atoms with E-state index in [0.29, 0.717) is 0 Å². The van der Waals surface area contributed by atoms with Crippen LogP contribution in [-0.2, 0) is 13.1 Å². The third kappa shape index (κ3) is 3.21. The second kappa shape index (κ2) is 7.12. The lowest BCUT2D eigenvalue weighted by Gasteiger charge is -2.36. The van der Waals surface area contributed by atoms with E-state index >= 15 is 0 Å². The maximum Gasteiger partial charge on any atom is 0.0641 e. The molecule has 2 heterocycles. The second-order valence-corrected chi connectivity index (χ2v) is 7.26. The Labute approximate surface area is 156 Å². The Balaban J connectivity index is 1.43. The van der Waals surface area contributed by atoms with Gasteiger partial charge in [-0.1, -0.05) is 30.3 Å². The fraction of sp³-hybridized carbons (Fsp3) is 0.409. The molecule has 4 nitrogen and oxygen atoms in total. The van der Waals surface area contributed by atoms with Gasteiger partial charge < -0.3 is 4.90 Å². The molecule has 2 aromatic carbocycles. The average molecular weight is 348 g/mol. The standard InChI is InChI=1S/C22H28N4/c1-4-26-18(3)22(17(2)23-26)16-24-11-13-25(14-12-24)21-10-9-19-7-5-6-8-20(19)15-21/h5-10,15H,4,11-14,16H2,1-3H3. The Kier molecular flexibility index (Phi) is 4.68. The molecule has 0 N–H and O–H groups in total. The van der Waals surface area contributed by atoms with E-state index in [2.05, 4.69) is 82.8 Å². The van der Waals surface area contributed by atoms with Crippen LogP contribution in [0.25, 0.3) is 10.8 Å². The summed E-state index contributed by atoms with van der Waals surface area (Å²) in [5.74, 6) is 0. The summed E-state index contributed by atoms with van der Waals surface area (Å²) in [6.45, 7) is 12.8. The fourth-order valence-electron chi connectivity index (χ4n) is 4.03. The minimum Gasteiger partial charge on any atom is -0.369 e. The van der Waals surface area contributed by atoms with E-state index in [9.17, 15) is 0 Å². The number of rotatable bonds is 4. The molecule has 1 aliphatic rings. The lowest BCUT2D eigenvalue weighted by molar-refractivity contribution is 0.249. The molecule has 26 heavy (non-hydrogen) atoms. The molecule has 1 fully saturated rings. The first-order valence-corrected chi connectivity index (χ1v) is 9.64. The van der Waals surface area contributed by atoms with E-state index in [1.807, 2.05) is 0 Å². The maximum absolute atomic E-state index is 4.67. The number of nitrogens with zero attached hydrogens (tertiary/aromatic N) is 4. The first kappa shape index (κ1) is 17.1. The van der Waals surface area contributed by atoms with Crippen LogP contribution in [0, 0.1) is 13.8 Å². The fourth-order valence-corrected chi connectivity index (χ4v) is 4.03. The van der Waals surface area contributed by atoms with Crippen LogP contribution in [-0.4, -0.2) is 40.9 Å². The zero-order valence-electron chi connectivity index (χ0n) is 16.1. The Morgan fingerprint density at radius 2 is 1.65 bits per heavy atom. The van der Waals surface area contributed by atoms with Gasteiger partial charge >= 0.3 is 0 Å². The largest absolute Gasteiger partial charge is 0.369 e. The highest BCUT2D eigenvalue weighted by Gasteiger charge is 2.20. The molecule has 0 radical (unpaired) electrons. The molecule has 1 aromatic heterocycles.